The number of β-lactam (4-membered cyclic amide) rings is 1. The third-order valence-electron chi connectivity index (χ3n) is 6.89. The number of carbonyl (C=O) groups is 4. The number of rotatable bonds is 11. The lowest BCUT2D eigenvalue weighted by atomic mass is 10.0. The lowest BCUT2D eigenvalue weighted by Gasteiger charge is -2.49. The van der Waals surface area contributed by atoms with Gasteiger partial charge in [-0.3, -0.25) is 14.5 Å². The lowest BCUT2D eigenvalue weighted by Crippen LogP contribution is -2.71. The van der Waals surface area contributed by atoms with Crippen LogP contribution in [-0.4, -0.2) is 83.4 Å². The van der Waals surface area contributed by atoms with Gasteiger partial charge < -0.3 is 36.4 Å². The zero-order valence-corrected chi connectivity index (χ0v) is 25.7. The predicted molar refractivity (Wildman–Crippen MR) is 162 cm³/mol. The first-order valence-electron chi connectivity index (χ1n) is 13.2. The maximum absolute atomic E-state index is 13.3. The summed E-state index contributed by atoms with van der Waals surface area (Å²) in [6, 6.07) is 4.58. The molecule has 2 aliphatic heterocycles. The molecule has 5 rings (SSSR count). The topological polar surface area (TPSA) is 219 Å². The molecule has 0 bridgehead atoms. The van der Waals surface area contributed by atoms with Gasteiger partial charge in [0, 0.05) is 42.2 Å². The number of pyridine rings is 1. The smallest absolute Gasteiger partial charge is 0.352 e. The summed E-state index contributed by atoms with van der Waals surface area (Å²) in [6.07, 6.45) is 2.36. The highest BCUT2D eigenvalue weighted by atomic mass is 35.5. The number of aromatic nitrogens is 3. The van der Waals surface area contributed by atoms with Crippen LogP contribution in [0.2, 0.25) is 4.34 Å². The average molecular weight is 664 g/mol. The Kier molecular flexibility index (Phi) is 8.83. The molecular weight excluding hydrogens is 636 g/mol. The number of nitrogens with one attached hydrogen (secondary N) is 1. The first kappa shape index (κ1) is 31.2. The van der Waals surface area contributed by atoms with Gasteiger partial charge in [0.05, 0.1) is 0 Å². The number of carboxylic acids is 2. The number of nitrogen functional groups attached to an aromatic ring is 1. The van der Waals surface area contributed by atoms with Crippen LogP contribution in [0.5, 0.6) is 0 Å². The fourth-order valence-electron chi connectivity index (χ4n) is 4.88. The molecule has 1 unspecified atom stereocenters. The Hall–Kier alpha value is -4.19. The summed E-state index contributed by atoms with van der Waals surface area (Å²) in [6.45, 7) is 3.95. The van der Waals surface area contributed by atoms with E-state index in [1.807, 2.05) is 46.7 Å². The summed E-state index contributed by atoms with van der Waals surface area (Å²) in [4.78, 5) is 60.3. The number of fused-ring (bicyclic) bond motifs is 2. The van der Waals surface area contributed by atoms with Gasteiger partial charge in [-0.25, -0.2) is 14.6 Å². The number of carboxylic acid groups (broad SMARTS) is 2. The molecule has 0 radical (unpaired) electrons. The second kappa shape index (κ2) is 12.4. The molecule has 15 nitrogen and oxygen atoms in total. The molecule has 44 heavy (non-hydrogen) atoms. The summed E-state index contributed by atoms with van der Waals surface area (Å²) >= 11 is 8.32. The fraction of sp³-hybridized carbons (Fsp3) is 0.346. The molecule has 7 N–H and O–H groups in total. The summed E-state index contributed by atoms with van der Waals surface area (Å²) in [5.41, 5.74) is 13.2. The number of oxime groups is 1. The molecule has 2 aliphatic rings. The highest BCUT2D eigenvalue weighted by Crippen LogP contribution is 2.40. The second-order valence-electron chi connectivity index (χ2n) is 10.2. The normalized spacial score (nSPS) is 19.8. The zero-order chi connectivity index (χ0) is 31.9. The molecule has 3 aromatic heterocycles. The van der Waals surface area contributed by atoms with E-state index in [-0.39, 0.29) is 39.2 Å². The molecule has 2 amide bonds. The molecule has 232 valence electrons. The monoisotopic (exact) mass is 663 g/mol. The largest absolute Gasteiger partial charge is 0.478 e. The van der Waals surface area contributed by atoms with Gasteiger partial charge in [-0.2, -0.15) is 4.57 Å². The SMILES string of the molecule is CC(N)Cn1ccc2c1ccc[n+]2CC1=C(C(=O)O)N2C(=O)[C@@H](NC(=O)/C(=N\O[C@@H](C)C(=O)O)c3nc(N)sc3Cl)[C@H]2SC1. The number of thiazole rings is 1. The van der Waals surface area contributed by atoms with Crippen LogP contribution in [0.1, 0.15) is 19.5 Å². The van der Waals surface area contributed by atoms with E-state index in [0.29, 0.717) is 12.1 Å². The molecule has 1 saturated heterocycles. The third-order valence-corrected chi connectivity index (χ3v) is 9.31. The van der Waals surface area contributed by atoms with Crippen LogP contribution in [0.15, 0.2) is 47.0 Å². The van der Waals surface area contributed by atoms with Gasteiger partial charge in [0.15, 0.2) is 23.6 Å². The van der Waals surface area contributed by atoms with E-state index in [1.165, 1.54) is 18.7 Å². The minimum absolute atomic E-state index is 0.00211. The maximum atomic E-state index is 13.3. The number of hydrogen-bond acceptors (Lipinski definition) is 11. The summed E-state index contributed by atoms with van der Waals surface area (Å²) in [5.74, 6) is -3.89. The van der Waals surface area contributed by atoms with Gasteiger partial charge in [0.1, 0.15) is 32.7 Å². The van der Waals surface area contributed by atoms with Crippen molar-refractivity contribution in [3.63, 3.8) is 0 Å². The number of thioether (sulfide) groups is 1. The number of carbonyl (C=O) groups excluding carboxylic acids is 2. The second-order valence-corrected chi connectivity index (χ2v) is 12.9. The number of amides is 2. The van der Waals surface area contributed by atoms with Crippen molar-refractivity contribution in [1.29, 1.82) is 0 Å². The standard InChI is InChI=1S/C26H27ClN8O7S2/c1-11(28)8-34-7-5-15-14(34)4-3-6-33(15)9-13-10-43-23-18(22(37)35(23)19(13)25(40)41)30-21(36)17(32-42-12(2)24(38)39)16-20(27)44-26(29)31-16/h3-7,11-12,18,23H,8-10,28H2,1-2H3,(H4-,29,30,31,36,38,39,40,41)/p+1/b32-17-/t11?,12-,18+,23+/m0/s1. The molecule has 18 heteroatoms. The van der Waals surface area contributed by atoms with Crippen LogP contribution in [0, 0.1) is 0 Å². The predicted octanol–water partition coefficient (Wildman–Crippen LogP) is 0.601. The number of hydrogen-bond donors (Lipinski definition) is 5. The highest BCUT2D eigenvalue weighted by molar-refractivity contribution is 8.00. The minimum Gasteiger partial charge on any atom is -0.478 e. The third kappa shape index (κ3) is 5.95. The summed E-state index contributed by atoms with van der Waals surface area (Å²) in [7, 11) is 0. The average Bonchev–Trinajstić information content (AvgIpc) is 3.52. The number of nitrogens with zero attached hydrogens (tertiary/aromatic N) is 5. The van der Waals surface area contributed by atoms with Crippen LogP contribution in [0.4, 0.5) is 5.13 Å². The van der Waals surface area contributed by atoms with Gasteiger partial charge in [0.2, 0.25) is 11.6 Å². The van der Waals surface area contributed by atoms with Crippen LogP contribution in [0.25, 0.3) is 11.0 Å². The van der Waals surface area contributed by atoms with Crippen molar-refractivity contribution in [2.75, 3.05) is 11.5 Å². The van der Waals surface area contributed by atoms with Crippen molar-refractivity contribution in [3.8, 4) is 0 Å². The van der Waals surface area contributed by atoms with E-state index in [2.05, 4.69) is 15.5 Å². The van der Waals surface area contributed by atoms with Gasteiger partial charge in [-0.1, -0.05) is 28.1 Å². The van der Waals surface area contributed by atoms with E-state index in [1.54, 1.807) is 0 Å². The molecule has 0 spiro atoms. The molecule has 3 aromatic rings. The Morgan fingerprint density at radius 2 is 2.07 bits per heavy atom. The number of anilines is 1. The van der Waals surface area contributed by atoms with Gasteiger partial charge in [-0.15, -0.1) is 11.8 Å². The van der Waals surface area contributed by atoms with Crippen molar-refractivity contribution < 1.29 is 38.8 Å². The van der Waals surface area contributed by atoms with E-state index < -0.39 is 47.0 Å². The molecule has 4 atom stereocenters. The number of nitrogens with two attached hydrogens (primary N) is 2. The van der Waals surface area contributed by atoms with E-state index in [0.717, 1.165) is 27.3 Å². The van der Waals surface area contributed by atoms with Crippen molar-refractivity contribution in [2.24, 2.45) is 10.9 Å². The van der Waals surface area contributed by atoms with E-state index in [4.69, 9.17) is 33.0 Å². The quantitative estimate of drug-likeness (QED) is 0.0827. The lowest BCUT2D eigenvalue weighted by molar-refractivity contribution is -0.663. The molecular formula is C26H28ClN8O7S2+. The first-order valence-corrected chi connectivity index (χ1v) is 15.4. The zero-order valence-electron chi connectivity index (χ0n) is 23.3. The Morgan fingerprint density at radius 1 is 1.32 bits per heavy atom. The molecule has 0 aromatic carbocycles. The summed E-state index contributed by atoms with van der Waals surface area (Å²) in [5, 5.41) is 24.8. The molecule has 0 aliphatic carbocycles. The molecule has 0 saturated carbocycles. The van der Waals surface area contributed by atoms with Crippen LogP contribution >= 0.6 is 34.7 Å². The van der Waals surface area contributed by atoms with Crippen molar-refractivity contribution >= 4 is 80.3 Å². The minimum atomic E-state index is -1.41. The van der Waals surface area contributed by atoms with Crippen LogP contribution in [0.3, 0.4) is 0 Å². The van der Waals surface area contributed by atoms with Gasteiger partial charge in [0.25, 0.3) is 11.8 Å². The Morgan fingerprint density at radius 3 is 2.70 bits per heavy atom. The Labute approximate surface area is 263 Å². The fourth-order valence-corrected chi connectivity index (χ4v) is 7.14. The van der Waals surface area contributed by atoms with Crippen LogP contribution < -0.4 is 21.4 Å². The molecule has 5 heterocycles. The van der Waals surface area contributed by atoms with Crippen molar-refractivity contribution in [2.45, 2.75) is 50.5 Å². The molecule has 1 fully saturated rings. The van der Waals surface area contributed by atoms with Crippen molar-refractivity contribution in [1.82, 2.24) is 19.8 Å². The van der Waals surface area contributed by atoms with Crippen molar-refractivity contribution in [3.05, 3.63) is 51.9 Å². The number of halogens is 1. The summed E-state index contributed by atoms with van der Waals surface area (Å²) < 4.78 is 3.94. The van der Waals surface area contributed by atoms with Gasteiger partial charge in [-0.05, 0) is 19.9 Å². The Balaban J connectivity index is 1.38. The van der Waals surface area contributed by atoms with Crippen LogP contribution in [-0.2, 0) is 37.1 Å². The maximum Gasteiger partial charge on any atom is 0.352 e. The van der Waals surface area contributed by atoms with Gasteiger partial charge >= 0.3 is 11.9 Å². The Bertz CT molecular complexity index is 1740. The van der Waals surface area contributed by atoms with E-state index in [9.17, 15) is 24.3 Å². The van der Waals surface area contributed by atoms with E-state index >= 15 is 0 Å². The number of aliphatic carboxylic acids is 2. The highest BCUT2D eigenvalue weighted by Gasteiger charge is 2.55. The first-order chi connectivity index (χ1) is 20.9.